The first-order valence-electron chi connectivity index (χ1n) is 10.3. The van der Waals surface area contributed by atoms with E-state index in [1.165, 1.54) is 0 Å². The maximum absolute atomic E-state index is 13.5. The molecule has 0 saturated carbocycles. The number of para-hydroxylation sites is 1. The van der Waals surface area contributed by atoms with Gasteiger partial charge in [0.05, 0.1) is 35.5 Å². The second-order valence-electron chi connectivity index (χ2n) is 7.44. The first kappa shape index (κ1) is 21.4. The molecular weight excluding hydrogens is 414 g/mol. The molecule has 1 fully saturated rings. The van der Waals surface area contributed by atoms with Crippen molar-refractivity contribution in [2.45, 2.75) is 31.2 Å². The number of ether oxygens (including phenoxy) is 1. The fraction of sp³-hybridized carbons (Fsp3) is 0.304. The van der Waals surface area contributed by atoms with Gasteiger partial charge in [-0.3, -0.25) is 4.79 Å². The third-order valence-corrected chi connectivity index (χ3v) is 6.23. The maximum Gasteiger partial charge on any atom is 0.275 e. The molecule has 1 amide bonds. The average molecular weight is 440 g/mol. The molecule has 1 aliphatic heterocycles. The van der Waals surface area contributed by atoms with Crippen LogP contribution in [0.5, 0.6) is 0 Å². The van der Waals surface area contributed by atoms with Crippen LogP contribution in [-0.4, -0.2) is 55.1 Å². The van der Waals surface area contributed by atoms with Gasteiger partial charge in [0.25, 0.3) is 5.91 Å². The molecule has 2 heterocycles. The van der Waals surface area contributed by atoms with Crippen LogP contribution >= 0.6 is 0 Å². The zero-order valence-electron chi connectivity index (χ0n) is 17.5. The van der Waals surface area contributed by atoms with Crippen LogP contribution in [0.25, 0.3) is 16.9 Å². The molecule has 0 aliphatic carbocycles. The van der Waals surface area contributed by atoms with E-state index in [1.807, 2.05) is 50.2 Å². The Morgan fingerprint density at radius 1 is 1.19 bits per heavy atom. The highest BCUT2D eigenvalue weighted by molar-refractivity contribution is 7.79. The molecule has 1 aromatic heterocycles. The fourth-order valence-electron chi connectivity index (χ4n) is 3.97. The van der Waals surface area contributed by atoms with Gasteiger partial charge in [0.15, 0.2) is 16.8 Å². The van der Waals surface area contributed by atoms with E-state index in [4.69, 9.17) is 9.84 Å². The van der Waals surface area contributed by atoms with Crippen LogP contribution in [0.4, 0.5) is 0 Å². The largest absolute Gasteiger partial charge is 0.377 e. The van der Waals surface area contributed by atoms with Crippen molar-refractivity contribution >= 4 is 17.0 Å². The van der Waals surface area contributed by atoms with Crippen molar-refractivity contribution in [3.05, 3.63) is 65.9 Å². The van der Waals surface area contributed by atoms with Crippen LogP contribution in [0.15, 0.2) is 59.5 Å². The minimum Gasteiger partial charge on any atom is -0.377 e. The zero-order valence-corrected chi connectivity index (χ0v) is 18.3. The van der Waals surface area contributed by atoms with Gasteiger partial charge in [-0.05, 0) is 31.5 Å². The molecule has 3 aromatic rings. The fourth-order valence-corrected chi connectivity index (χ4v) is 4.52. The van der Waals surface area contributed by atoms with Crippen LogP contribution in [0.1, 0.15) is 29.9 Å². The van der Waals surface area contributed by atoms with E-state index in [9.17, 15) is 13.6 Å². The summed E-state index contributed by atoms with van der Waals surface area (Å²) in [6.45, 7) is 5.42. The summed E-state index contributed by atoms with van der Waals surface area (Å²) < 4.78 is 29.2. The Bertz CT molecular complexity index is 1110. The van der Waals surface area contributed by atoms with E-state index < -0.39 is 11.1 Å². The van der Waals surface area contributed by atoms with E-state index in [-0.39, 0.29) is 16.8 Å². The number of hydrogen-bond donors (Lipinski definition) is 1. The molecule has 0 bridgehead atoms. The summed E-state index contributed by atoms with van der Waals surface area (Å²) in [4.78, 5) is 15.6. The highest BCUT2D eigenvalue weighted by atomic mass is 32.2. The zero-order chi connectivity index (χ0) is 22.0. The molecule has 4 rings (SSSR count). The number of benzene rings is 2. The van der Waals surface area contributed by atoms with Crippen molar-refractivity contribution in [3.63, 3.8) is 0 Å². The number of aromatic nitrogens is 2. The van der Waals surface area contributed by atoms with Crippen molar-refractivity contribution in [1.29, 1.82) is 0 Å². The molecule has 1 saturated heterocycles. The van der Waals surface area contributed by atoms with Gasteiger partial charge in [-0.2, -0.15) is 5.10 Å². The molecule has 8 heteroatoms. The molecule has 2 unspecified atom stereocenters. The van der Waals surface area contributed by atoms with Crippen molar-refractivity contribution in [2.24, 2.45) is 0 Å². The summed E-state index contributed by atoms with van der Waals surface area (Å²) >= 11 is -2.18. The normalized spacial score (nSPS) is 17.5. The molecule has 162 valence electrons. The van der Waals surface area contributed by atoms with Gasteiger partial charge in [-0.25, -0.2) is 8.89 Å². The minimum absolute atomic E-state index is 0.0477. The summed E-state index contributed by atoms with van der Waals surface area (Å²) in [6.07, 6.45) is 0.550. The van der Waals surface area contributed by atoms with Crippen LogP contribution in [0.2, 0.25) is 0 Å². The topological polar surface area (TPSA) is 84.7 Å². The number of rotatable bonds is 5. The van der Waals surface area contributed by atoms with Crippen molar-refractivity contribution in [1.82, 2.24) is 14.7 Å². The summed E-state index contributed by atoms with van der Waals surface area (Å²) in [7, 11) is 0. The number of hydrogen-bond acceptors (Lipinski definition) is 4. The summed E-state index contributed by atoms with van der Waals surface area (Å²) in [5, 5.41) is 4.74. The molecule has 0 radical (unpaired) electrons. The molecule has 7 nitrogen and oxygen atoms in total. The third kappa shape index (κ3) is 4.06. The van der Waals surface area contributed by atoms with E-state index >= 15 is 0 Å². The molecule has 1 N–H and O–H groups in total. The number of carbonyl (C=O) groups is 1. The standard InChI is InChI=1S/C23H25N3O4S/c1-3-18-21(23(27)25-13-14-30-15-16(25)2)24-26(17-9-5-4-6-10-17)22(18)19-11-7-8-12-20(19)31(28)29/h4-12,16H,3,13-15H2,1-2H3,(H,28,29). The summed E-state index contributed by atoms with van der Waals surface area (Å²) in [6, 6.07) is 16.4. The first-order chi connectivity index (χ1) is 15.0. The van der Waals surface area contributed by atoms with Crippen LogP contribution in [0.3, 0.4) is 0 Å². The van der Waals surface area contributed by atoms with Crippen LogP contribution < -0.4 is 0 Å². The molecule has 2 aromatic carbocycles. The second-order valence-corrected chi connectivity index (χ2v) is 8.38. The first-order valence-corrected chi connectivity index (χ1v) is 11.4. The molecule has 1 aliphatic rings. The predicted molar refractivity (Wildman–Crippen MR) is 119 cm³/mol. The Hall–Kier alpha value is -2.81. The lowest BCUT2D eigenvalue weighted by atomic mass is 10.0. The lowest BCUT2D eigenvalue weighted by Gasteiger charge is -2.33. The molecule has 31 heavy (non-hydrogen) atoms. The number of carbonyl (C=O) groups excluding carboxylic acids is 1. The van der Waals surface area contributed by atoms with Gasteiger partial charge in [-0.1, -0.05) is 43.3 Å². The van der Waals surface area contributed by atoms with Crippen LogP contribution in [0, 0.1) is 0 Å². The number of nitrogens with zero attached hydrogens (tertiary/aromatic N) is 3. The van der Waals surface area contributed by atoms with Gasteiger partial charge >= 0.3 is 0 Å². The van der Waals surface area contributed by atoms with Crippen molar-refractivity contribution in [2.75, 3.05) is 19.8 Å². The van der Waals surface area contributed by atoms with Gasteiger partial charge in [0.1, 0.15) is 0 Å². The number of amides is 1. The second kappa shape index (κ2) is 9.13. The summed E-state index contributed by atoms with van der Waals surface area (Å²) in [5.74, 6) is -0.147. The maximum atomic E-state index is 13.5. The van der Waals surface area contributed by atoms with Crippen molar-refractivity contribution < 1.29 is 18.3 Å². The SMILES string of the molecule is CCc1c(C(=O)N2CCOCC2C)nn(-c2ccccc2)c1-c1ccccc1S(=O)O. The van der Waals surface area contributed by atoms with E-state index in [2.05, 4.69) is 0 Å². The van der Waals surface area contributed by atoms with E-state index in [0.29, 0.717) is 43.1 Å². The van der Waals surface area contributed by atoms with Gasteiger partial charge in [-0.15, -0.1) is 0 Å². The Morgan fingerprint density at radius 3 is 2.58 bits per heavy atom. The van der Waals surface area contributed by atoms with E-state index in [0.717, 1.165) is 11.3 Å². The third-order valence-electron chi connectivity index (χ3n) is 5.50. The van der Waals surface area contributed by atoms with Gasteiger partial charge < -0.3 is 14.2 Å². The summed E-state index contributed by atoms with van der Waals surface area (Å²) in [5.41, 5.74) is 3.15. The minimum atomic E-state index is -2.18. The average Bonchev–Trinajstić information content (AvgIpc) is 3.19. The lowest BCUT2D eigenvalue weighted by Crippen LogP contribution is -2.47. The van der Waals surface area contributed by atoms with Crippen molar-refractivity contribution in [3.8, 4) is 16.9 Å². The predicted octanol–water partition coefficient (Wildman–Crippen LogP) is 3.54. The lowest BCUT2D eigenvalue weighted by molar-refractivity contribution is 0.00319. The van der Waals surface area contributed by atoms with Crippen LogP contribution in [-0.2, 0) is 22.2 Å². The Labute approximate surface area is 183 Å². The molecular formula is C23H25N3O4S. The highest BCUT2D eigenvalue weighted by Gasteiger charge is 2.31. The van der Waals surface area contributed by atoms with Gasteiger partial charge in [0, 0.05) is 17.7 Å². The molecule has 2 atom stereocenters. The Balaban J connectivity index is 1.95. The van der Waals surface area contributed by atoms with Gasteiger partial charge in [0.2, 0.25) is 0 Å². The number of morpholine rings is 1. The Kier molecular flexibility index (Phi) is 6.31. The van der Waals surface area contributed by atoms with E-state index in [1.54, 1.807) is 27.8 Å². The monoisotopic (exact) mass is 439 g/mol. The highest BCUT2D eigenvalue weighted by Crippen LogP contribution is 2.34. The Morgan fingerprint density at radius 2 is 1.90 bits per heavy atom. The smallest absolute Gasteiger partial charge is 0.275 e. The quantitative estimate of drug-likeness (QED) is 0.615. The molecule has 0 spiro atoms.